The minimum Gasteiger partial charge on any atom is -0.453 e. The molecule has 14 rings (SSSR count). The van der Waals surface area contributed by atoms with Gasteiger partial charge in [0, 0.05) is 54.6 Å². The summed E-state index contributed by atoms with van der Waals surface area (Å²) in [6, 6.07) is 53.2. The maximum Gasteiger partial charge on any atom is 0.170 e. The zero-order valence-corrected chi connectivity index (χ0v) is 32.5. The molecule has 2 aliphatic heterocycles. The van der Waals surface area contributed by atoms with Gasteiger partial charge in [-0.3, -0.25) is 0 Å². The van der Waals surface area contributed by atoms with E-state index in [9.17, 15) is 0 Å². The number of benzene rings is 8. The minimum absolute atomic E-state index is 0.516. The number of nitrogens with zero attached hydrogens (tertiary/aromatic N) is 6. The Labute approximate surface area is 349 Å². The van der Waals surface area contributed by atoms with Gasteiger partial charge >= 0.3 is 0 Å². The summed E-state index contributed by atoms with van der Waals surface area (Å²) in [7, 11) is 0. The molecular weight excluding hydrogens is 769 g/mol. The van der Waals surface area contributed by atoms with Crippen LogP contribution in [0.15, 0.2) is 167 Å². The van der Waals surface area contributed by atoms with Crippen LogP contribution in [0.1, 0.15) is 0 Å². The van der Waals surface area contributed by atoms with Crippen molar-refractivity contribution in [2.45, 2.75) is 0 Å². The van der Waals surface area contributed by atoms with Crippen molar-refractivity contribution in [1.29, 1.82) is 0 Å². The molecule has 2 aliphatic rings. The van der Waals surface area contributed by atoms with Crippen LogP contribution in [0.5, 0.6) is 0 Å². The highest BCUT2D eigenvalue weighted by Crippen LogP contribution is 2.40. The second kappa shape index (κ2) is 12.4. The second-order valence-corrected chi connectivity index (χ2v) is 15.6. The molecule has 12 aromatic rings. The normalized spacial score (nSPS) is 12.2. The first-order valence-electron chi connectivity index (χ1n) is 20.4. The first-order valence-corrected chi connectivity index (χ1v) is 20.4. The van der Waals surface area contributed by atoms with Crippen LogP contribution >= 0.6 is 0 Å². The number of rotatable bonds is 0. The van der Waals surface area contributed by atoms with Crippen molar-refractivity contribution in [2.75, 3.05) is 0 Å². The largest absolute Gasteiger partial charge is 0.453 e. The Morgan fingerprint density at radius 2 is 0.629 bits per heavy atom. The molecule has 8 aromatic carbocycles. The molecule has 62 heavy (non-hydrogen) atoms. The van der Waals surface area contributed by atoms with E-state index in [1.54, 1.807) is 0 Å². The van der Waals surface area contributed by atoms with Gasteiger partial charge in [-0.25, -0.2) is 29.9 Å². The summed E-state index contributed by atoms with van der Waals surface area (Å²) in [6.07, 6.45) is 0. The molecule has 0 unspecified atom stereocenters. The molecule has 0 radical (unpaired) electrons. The van der Waals surface area contributed by atoms with Crippen molar-refractivity contribution in [3.63, 3.8) is 0 Å². The van der Waals surface area contributed by atoms with Crippen molar-refractivity contribution in [3.8, 4) is 45.6 Å². The van der Waals surface area contributed by atoms with Crippen LogP contribution in [-0.4, -0.2) is 39.9 Å². The molecule has 0 saturated heterocycles. The maximum atomic E-state index is 7.00. The summed E-state index contributed by atoms with van der Waals surface area (Å²) < 4.78 is 14.0. The van der Waals surface area contributed by atoms with Crippen molar-refractivity contribution in [1.82, 2.24) is 39.9 Å². The molecule has 288 valence electrons. The fourth-order valence-electron chi connectivity index (χ4n) is 9.23. The van der Waals surface area contributed by atoms with E-state index in [-0.39, 0.29) is 0 Å². The van der Waals surface area contributed by atoms with E-state index in [1.165, 1.54) is 0 Å². The van der Waals surface area contributed by atoms with Gasteiger partial charge in [0.05, 0.1) is 0 Å². The lowest BCUT2D eigenvalue weighted by molar-refractivity contribution is 0.620. The smallest absolute Gasteiger partial charge is 0.170 e. The molecule has 0 saturated carbocycles. The standard InChI is InChI=1S/C52H28N8O2/c1-3-13-29-27(11-1)21-23-39-43(29)44-30-14-4-2-12-28(30)22-24-40(44)62-42-26-38-37(25-41(42)61-39)51-58-49-35-19-9-7-17-33(35)47(56-49)54-45-31-15-5-6-16-32(31)46(53-45)55-48-34-18-8-10-20-36(34)50(57-48)59-52(38)60-51/h1-26H,(H2,53,54,55,56,57,58,59,60). The summed E-state index contributed by atoms with van der Waals surface area (Å²) in [4.78, 5) is 38.0. The van der Waals surface area contributed by atoms with E-state index < -0.39 is 0 Å². The van der Waals surface area contributed by atoms with Crippen LogP contribution in [0.4, 0.5) is 0 Å². The van der Waals surface area contributed by atoms with Crippen molar-refractivity contribution >= 4 is 98.8 Å². The number of hydrogen-bond donors (Lipinski definition) is 2. The van der Waals surface area contributed by atoms with Crippen LogP contribution < -0.4 is 0 Å². The van der Waals surface area contributed by atoms with Crippen LogP contribution in [0.2, 0.25) is 0 Å². The molecule has 0 fully saturated rings. The molecule has 0 spiro atoms. The minimum atomic E-state index is 0.516. The highest BCUT2D eigenvalue weighted by atomic mass is 16.4. The molecule has 6 heterocycles. The van der Waals surface area contributed by atoms with E-state index in [1.807, 2.05) is 97.1 Å². The Morgan fingerprint density at radius 1 is 0.290 bits per heavy atom. The lowest BCUT2D eigenvalue weighted by Gasteiger charge is -2.09. The topological polar surface area (TPSA) is 135 Å². The zero-order chi connectivity index (χ0) is 40.5. The van der Waals surface area contributed by atoms with Crippen LogP contribution in [0.3, 0.4) is 0 Å². The molecule has 10 nitrogen and oxygen atoms in total. The predicted molar refractivity (Wildman–Crippen MR) is 246 cm³/mol. The first-order chi connectivity index (χ1) is 30.7. The van der Waals surface area contributed by atoms with Gasteiger partial charge in [0.15, 0.2) is 34.5 Å². The van der Waals surface area contributed by atoms with Crippen LogP contribution in [0.25, 0.3) is 144 Å². The SMILES string of the molecule is c1ccc2c(c1)-c1nc-2nc2[nH]c(nc3nc(nc4[nH]c(n1)c1ccccc41)-c1ccccc1-3)c1cc3oc4ccc5ccccc5c4c4c(ccc5ccccc54)oc3cc21. The number of aromatic nitrogens is 8. The Bertz CT molecular complexity index is 3930. The monoisotopic (exact) mass is 796 g/mol. The Balaban J connectivity index is 1.17. The fraction of sp³-hybridized carbons (Fsp3) is 0. The van der Waals surface area contributed by atoms with E-state index in [2.05, 4.69) is 70.6 Å². The zero-order valence-electron chi connectivity index (χ0n) is 32.5. The maximum absolute atomic E-state index is 7.00. The summed E-state index contributed by atoms with van der Waals surface area (Å²) >= 11 is 0. The third-order valence-corrected chi connectivity index (χ3v) is 12.1. The Hall–Kier alpha value is -8.76. The van der Waals surface area contributed by atoms with E-state index in [0.717, 1.165) is 76.1 Å². The summed E-state index contributed by atoms with van der Waals surface area (Å²) in [5.74, 6) is 2.12. The van der Waals surface area contributed by atoms with Gasteiger partial charge in [0.25, 0.3) is 0 Å². The average Bonchev–Trinajstić information content (AvgIpc) is 4.04. The van der Waals surface area contributed by atoms with Gasteiger partial charge in [0.1, 0.15) is 33.8 Å². The van der Waals surface area contributed by atoms with Gasteiger partial charge in [-0.05, 0) is 45.8 Å². The predicted octanol–water partition coefficient (Wildman–Crippen LogP) is 12.9. The summed E-state index contributed by atoms with van der Waals surface area (Å²) in [5.41, 5.74) is 8.36. The molecule has 10 heteroatoms. The molecule has 0 aliphatic carbocycles. The summed E-state index contributed by atoms with van der Waals surface area (Å²) in [5, 5.41) is 9.65. The molecule has 0 amide bonds. The van der Waals surface area contributed by atoms with Crippen LogP contribution in [0, 0.1) is 0 Å². The fourth-order valence-corrected chi connectivity index (χ4v) is 9.23. The quantitative estimate of drug-likeness (QED) is 0.155. The van der Waals surface area contributed by atoms with Crippen molar-refractivity contribution in [2.24, 2.45) is 0 Å². The molecule has 8 bridgehead atoms. The van der Waals surface area contributed by atoms with Gasteiger partial charge in [-0.2, -0.15) is 0 Å². The average molecular weight is 797 g/mol. The van der Waals surface area contributed by atoms with E-state index in [0.29, 0.717) is 68.2 Å². The number of aromatic amines is 2. The van der Waals surface area contributed by atoms with Gasteiger partial charge < -0.3 is 18.8 Å². The van der Waals surface area contributed by atoms with Gasteiger partial charge in [0.2, 0.25) is 0 Å². The third kappa shape index (κ3) is 4.79. The number of nitrogens with one attached hydrogen (secondary N) is 2. The van der Waals surface area contributed by atoms with Crippen molar-refractivity contribution in [3.05, 3.63) is 158 Å². The highest BCUT2D eigenvalue weighted by molar-refractivity contribution is 6.25. The van der Waals surface area contributed by atoms with Gasteiger partial charge in [-0.15, -0.1) is 0 Å². The second-order valence-electron chi connectivity index (χ2n) is 15.6. The molecule has 2 N–H and O–H groups in total. The van der Waals surface area contributed by atoms with Crippen molar-refractivity contribution < 1.29 is 8.83 Å². The first kappa shape index (κ1) is 33.1. The number of hydrogen-bond acceptors (Lipinski definition) is 8. The lowest BCUT2D eigenvalue weighted by Crippen LogP contribution is -1.84. The molecule has 4 aromatic heterocycles. The Morgan fingerprint density at radius 3 is 1.03 bits per heavy atom. The third-order valence-electron chi connectivity index (χ3n) is 12.1. The Kier molecular flexibility index (Phi) is 6.61. The molecule has 0 atom stereocenters. The summed E-state index contributed by atoms with van der Waals surface area (Å²) in [6.45, 7) is 0. The van der Waals surface area contributed by atoms with Crippen LogP contribution in [-0.2, 0) is 0 Å². The number of fused-ring (bicyclic) bond motifs is 28. The lowest BCUT2D eigenvalue weighted by atomic mass is 9.98. The highest BCUT2D eigenvalue weighted by Gasteiger charge is 2.23. The molecular formula is C52H28N8O2. The van der Waals surface area contributed by atoms with Gasteiger partial charge in [-0.1, -0.05) is 133 Å². The van der Waals surface area contributed by atoms with E-state index in [4.69, 9.17) is 38.7 Å². The van der Waals surface area contributed by atoms with E-state index >= 15 is 0 Å². The number of H-pyrrole nitrogens is 2.